The van der Waals surface area contributed by atoms with Crippen molar-refractivity contribution in [3.05, 3.63) is 45.8 Å². The van der Waals surface area contributed by atoms with E-state index in [-0.39, 0.29) is 12.3 Å². The Bertz CT molecular complexity index is 545. The predicted octanol–water partition coefficient (Wildman–Crippen LogP) is 1.80. The maximum atomic E-state index is 11.2. The van der Waals surface area contributed by atoms with Gasteiger partial charge in [0.1, 0.15) is 0 Å². The lowest BCUT2D eigenvalue weighted by atomic mass is 10.3. The van der Waals surface area contributed by atoms with Crippen LogP contribution in [-0.2, 0) is 9.53 Å². The number of carbonyl (C=O) groups is 1. The van der Waals surface area contributed by atoms with Gasteiger partial charge in [0, 0.05) is 12.1 Å². The van der Waals surface area contributed by atoms with E-state index in [9.17, 15) is 14.9 Å². The summed E-state index contributed by atoms with van der Waals surface area (Å²) in [5.74, 6) is -1.27. The van der Waals surface area contributed by atoms with Gasteiger partial charge in [-0.3, -0.25) is 14.9 Å². The lowest BCUT2D eigenvalue weighted by molar-refractivity contribution is -0.384. The Morgan fingerprint density at radius 3 is 2.63 bits per heavy atom. The number of hydrogen-bond acceptors (Lipinski definition) is 6. The molecule has 0 amide bonds. The lowest BCUT2D eigenvalue weighted by Gasteiger charge is -1.99. The summed E-state index contributed by atoms with van der Waals surface area (Å²) in [6.07, 6.45) is 0. The van der Waals surface area contributed by atoms with Crippen molar-refractivity contribution in [2.75, 3.05) is 12.0 Å². The third-order valence-electron chi connectivity index (χ3n) is 1.93. The van der Waals surface area contributed by atoms with Crippen LogP contribution in [-0.4, -0.2) is 23.3 Å². The summed E-state index contributed by atoms with van der Waals surface area (Å²) in [5, 5.41) is 14.0. The molecule has 1 rings (SSSR count). The Morgan fingerprint density at radius 2 is 2.16 bits per heavy atom. The number of anilines is 1. The number of rotatable bonds is 4. The number of ether oxygens (including phenoxy) is 1. The molecule has 0 aliphatic heterocycles. The van der Waals surface area contributed by atoms with Crippen molar-refractivity contribution in [3.8, 4) is 0 Å². The minimum Gasteiger partial charge on any atom is -0.470 e. The fourth-order valence-electron chi connectivity index (χ4n) is 1.09. The Kier molecular flexibility index (Phi) is 4.98. The fourth-order valence-corrected chi connectivity index (χ4v) is 1.09. The summed E-state index contributed by atoms with van der Waals surface area (Å²) in [5.41, 5.74) is 2.80. The SMILES string of the molecule is [C-]#[N+]/C(=N/Nc1ccc([N+](=O)[O-])cc1)C(=O)OCC. The smallest absolute Gasteiger partial charge is 0.377 e. The average Bonchev–Trinajstić information content (AvgIpc) is 2.40. The van der Waals surface area contributed by atoms with Crippen LogP contribution < -0.4 is 5.43 Å². The molecule has 0 saturated carbocycles. The van der Waals surface area contributed by atoms with E-state index in [1.165, 1.54) is 24.3 Å². The second-order valence-electron chi connectivity index (χ2n) is 3.18. The van der Waals surface area contributed by atoms with Gasteiger partial charge in [-0.05, 0) is 24.2 Å². The van der Waals surface area contributed by atoms with E-state index in [1.807, 2.05) is 0 Å². The van der Waals surface area contributed by atoms with E-state index in [1.54, 1.807) is 6.92 Å². The van der Waals surface area contributed by atoms with Crippen molar-refractivity contribution in [3.63, 3.8) is 0 Å². The van der Waals surface area contributed by atoms with E-state index in [4.69, 9.17) is 6.57 Å². The van der Waals surface area contributed by atoms with Gasteiger partial charge in [-0.25, -0.2) is 5.43 Å². The van der Waals surface area contributed by atoms with Gasteiger partial charge in [-0.2, -0.15) is 0 Å². The highest BCUT2D eigenvalue weighted by molar-refractivity contribution is 6.39. The van der Waals surface area contributed by atoms with E-state index >= 15 is 0 Å². The van der Waals surface area contributed by atoms with Gasteiger partial charge in [-0.15, -0.1) is 0 Å². The molecule has 0 fully saturated rings. The molecule has 1 aromatic carbocycles. The van der Waals surface area contributed by atoms with E-state index in [0.29, 0.717) is 5.69 Å². The number of carbonyl (C=O) groups excluding carboxylic acids is 1. The van der Waals surface area contributed by atoms with Crippen molar-refractivity contribution < 1.29 is 14.5 Å². The van der Waals surface area contributed by atoms with Gasteiger partial charge in [0.05, 0.1) is 17.2 Å². The number of benzene rings is 1. The zero-order valence-corrected chi connectivity index (χ0v) is 9.99. The van der Waals surface area contributed by atoms with Gasteiger partial charge in [0.25, 0.3) is 5.69 Å². The molecule has 8 nitrogen and oxygen atoms in total. The molecule has 19 heavy (non-hydrogen) atoms. The number of non-ortho nitro benzene ring substituents is 1. The van der Waals surface area contributed by atoms with Gasteiger partial charge in [0.15, 0.2) is 0 Å². The molecule has 1 N–H and O–H groups in total. The van der Waals surface area contributed by atoms with Crippen molar-refractivity contribution >= 4 is 23.2 Å². The van der Waals surface area contributed by atoms with Crippen LogP contribution >= 0.6 is 0 Å². The normalized spacial score (nSPS) is 10.4. The van der Waals surface area contributed by atoms with E-state index < -0.39 is 16.7 Å². The van der Waals surface area contributed by atoms with Crippen LogP contribution in [0.2, 0.25) is 0 Å². The van der Waals surface area contributed by atoms with Gasteiger partial charge >= 0.3 is 11.8 Å². The number of amidine groups is 1. The zero-order chi connectivity index (χ0) is 14.3. The number of nitrogens with one attached hydrogen (secondary N) is 1. The highest BCUT2D eigenvalue weighted by Gasteiger charge is 2.13. The highest BCUT2D eigenvalue weighted by atomic mass is 16.6. The molecule has 1 aromatic rings. The van der Waals surface area contributed by atoms with Gasteiger partial charge in [0.2, 0.25) is 0 Å². The predicted molar refractivity (Wildman–Crippen MR) is 67.4 cm³/mol. The van der Waals surface area contributed by atoms with Gasteiger partial charge in [-0.1, -0.05) is 6.57 Å². The quantitative estimate of drug-likeness (QED) is 0.223. The number of esters is 1. The monoisotopic (exact) mass is 262 g/mol. The fraction of sp³-hybridized carbons (Fsp3) is 0.182. The van der Waals surface area contributed by atoms with Crippen LogP contribution in [0.3, 0.4) is 0 Å². The van der Waals surface area contributed by atoms with Gasteiger partial charge < -0.3 is 9.58 Å². The zero-order valence-electron chi connectivity index (χ0n) is 9.99. The van der Waals surface area contributed by atoms with Crippen LogP contribution in [0, 0.1) is 16.7 Å². The summed E-state index contributed by atoms with van der Waals surface area (Å²) in [4.78, 5) is 24.1. The molecule has 0 atom stereocenters. The molecule has 0 heterocycles. The Hall–Kier alpha value is -2.95. The topological polar surface area (TPSA) is 98.2 Å². The first-order chi connectivity index (χ1) is 9.08. The Morgan fingerprint density at radius 1 is 1.53 bits per heavy atom. The molecule has 0 aromatic heterocycles. The number of nitro benzene ring substituents is 1. The second kappa shape index (κ2) is 6.70. The summed E-state index contributed by atoms with van der Waals surface area (Å²) in [6, 6.07) is 5.38. The Balaban J connectivity index is 2.76. The molecule has 0 bridgehead atoms. The summed E-state index contributed by atoms with van der Waals surface area (Å²) < 4.78 is 4.62. The molecule has 0 radical (unpaired) electrons. The summed E-state index contributed by atoms with van der Waals surface area (Å²) in [7, 11) is 0. The highest BCUT2D eigenvalue weighted by Crippen LogP contribution is 2.15. The summed E-state index contributed by atoms with van der Waals surface area (Å²) in [6.45, 7) is 8.55. The molecule has 0 aliphatic rings. The molecule has 0 saturated heterocycles. The van der Waals surface area contributed by atoms with Crippen LogP contribution in [0.25, 0.3) is 4.85 Å². The molecule has 8 heteroatoms. The third kappa shape index (κ3) is 4.08. The molecule has 98 valence electrons. The standard InChI is InChI=1S/C11H10N4O4/c1-3-19-11(16)10(12-2)14-13-8-4-6-9(7-5-8)15(17)18/h4-7,13H,3H2,1H3/b14-10+. The minimum atomic E-state index is -0.827. The van der Waals surface area contributed by atoms with Crippen molar-refractivity contribution in [1.82, 2.24) is 0 Å². The maximum Gasteiger partial charge on any atom is 0.377 e. The maximum absolute atomic E-state index is 11.2. The number of nitro groups is 1. The first-order valence-electron chi connectivity index (χ1n) is 5.21. The molecular formula is C11H10N4O4. The molecular weight excluding hydrogens is 252 g/mol. The number of hydrogen-bond donors (Lipinski definition) is 1. The summed E-state index contributed by atoms with van der Waals surface area (Å²) >= 11 is 0. The Labute approximate surface area is 108 Å². The van der Waals surface area contributed by atoms with E-state index in [0.717, 1.165) is 0 Å². The van der Waals surface area contributed by atoms with Crippen LogP contribution in [0.15, 0.2) is 29.4 Å². The molecule has 0 spiro atoms. The third-order valence-corrected chi connectivity index (χ3v) is 1.93. The van der Waals surface area contributed by atoms with Crippen LogP contribution in [0.4, 0.5) is 11.4 Å². The van der Waals surface area contributed by atoms with Crippen molar-refractivity contribution in [1.29, 1.82) is 0 Å². The second-order valence-corrected chi connectivity index (χ2v) is 3.18. The first-order valence-corrected chi connectivity index (χ1v) is 5.21. The van der Waals surface area contributed by atoms with E-state index in [2.05, 4.69) is 20.1 Å². The van der Waals surface area contributed by atoms with Crippen LogP contribution in [0.1, 0.15) is 6.92 Å². The van der Waals surface area contributed by atoms with Crippen molar-refractivity contribution in [2.24, 2.45) is 5.10 Å². The van der Waals surface area contributed by atoms with Crippen molar-refractivity contribution in [2.45, 2.75) is 6.92 Å². The largest absolute Gasteiger partial charge is 0.470 e. The molecule has 0 unspecified atom stereocenters. The lowest BCUT2D eigenvalue weighted by Crippen LogP contribution is -2.15. The number of nitrogens with zero attached hydrogens (tertiary/aromatic N) is 3. The minimum absolute atomic E-state index is 0.0645. The number of hydrazone groups is 1. The van der Waals surface area contributed by atoms with Crippen LogP contribution in [0.5, 0.6) is 0 Å². The molecule has 0 aliphatic carbocycles. The first kappa shape index (κ1) is 14.1. The average molecular weight is 262 g/mol.